The van der Waals surface area contributed by atoms with Crippen molar-refractivity contribution in [3.8, 4) is 0 Å². The summed E-state index contributed by atoms with van der Waals surface area (Å²) in [6, 6.07) is 5.09. The topological polar surface area (TPSA) is 101 Å². The van der Waals surface area contributed by atoms with Crippen LogP contribution in [0.1, 0.15) is 23.7 Å². The Bertz CT molecular complexity index is 580. The number of aromatic carboxylic acids is 1. The van der Waals surface area contributed by atoms with Gasteiger partial charge in [0.25, 0.3) is 0 Å². The Balaban J connectivity index is 2.85. The lowest BCUT2D eigenvalue weighted by molar-refractivity contribution is -0.120. The van der Waals surface area contributed by atoms with E-state index >= 15 is 0 Å². The highest BCUT2D eigenvalue weighted by Gasteiger charge is 2.17. The molecule has 19 heavy (non-hydrogen) atoms. The predicted molar refractivity (Wildman–Crippen MR) is 68.8 cm³/mol. The molecular formula is C12H15NO5S. The number of nitrogens with one attached hydrogen (secondary N) is 1. The predicted octanol–water partition coefficient (Wildman–Crippen LogP) is 0.685. The standard InChI is InChI=1S/C12H15NO5S/c1-2-13-11(14)6-7-19(17,18)10-5-3-4-9(8-10)12(15)16/h3-5,8H,2,6-7H2,1H3,(H,13,14)(H,15,16). The third-order valence-electron chi connectivity index (χ3n) is 2.41. The maximum Gasteiger partial charge on any atom is 0.335 e. The number of benzene rings is 1. The minimum Gasteiger partial charge on any atom is -0.478 e. The van der Waals surface area contributed by atoms with E-state index in [1.165, 1.54) is 18.2 Å². The number of carbonyl (C=O) groups excluding carboxylic acids is 1. The van der Waals surface area contributed by atoms with E-state index in [0.29, 0.717) is 6.54 Å². The Morgan fingerprint density at radius 2 is 2.00 bits per heavy atom. The van der Waals surface area contributed by atoms with Crippen LogP contribution >= 0.6 is 0 Å². The van der Waals surface area contributed by atoms with Gasteiger partial charge >= 0.3 is 5.97 Å². The van der Waals surface area contributed by atoms with E-state index in [1.54, 1.807) is 6.92 Å². The lowest BCUT2D eigenvalue weighted by Crippen LogP contribution is -2.25. The van der Waals surface area contributed by atoms with Crippen molar-refractivity contribution < 1.29 is 23.1 Å². The van der Waals surface area contributed by atoms with Crippen molar-refractivity contribution in [1.29, 1.82) is 0 Å². The van der Waals surface area contributed by atoms with Gasteiger partial charge in [0.2, 0.25) is 5.91 Å². The maximum absolute atomic E-state index is 11.9. The fourth-order valence-electron chi connectivity index (χ4n) is 1.45. The normalized spacial score (nSPS) is 11.0. The average molecular weight is 285 g/mol. The monoisotopic (exact) mass is 285 g/mol. The van der Waals surface area contributed by atoms with Crippen LogP contribution in [0, 0.1) is 0 Å². The van der Waals surface area contributed by atoms with Gasteiger partial charge in [0.1, 0.15) is 0 Å². The molecule has 1 rings (SSSR count). The summed E-state index contributed by atoms with van der Waals surface area (Å²) >= 11 is 0. The van der Waals surface area contributed by atoms with E-state index in [9.17, 15) is 18.0 Å². The molecule has 0 fully saturated rings. The maximum atomic E-state index is 11.9. The van der Waals surface area contributed by atoms with Crippen LogP contribution in [0.5, 0.6) is 0 Å². The van der Waals surface area contributed by atoms with E-state index in [2.05, 4.69) is 5.32 Å². The van der Waals surface area contributed by atoms with Gasteiger partial charge in [0.05, 0.1) is 16.2 Å². The van der Waals surface area contributed by atoms with Crippen molar-refractivity contribution in [3.05, 3.63) is 29.8 Å². The number of rotatable bonds is 6. The molecule has 104 valence electrons. The molecule has 1 amide bonds. The second kappa shape index (κ2) is 6.33. The molecule has 0 aromatic heterocycles. The first-order valence-corrected chi connectivity index (χ1v) is 7.35. The first-order valence-electron chi connectivity index (χ1n) is 5.69. The Morgan fingerprint density at radius 3 is 2.58 bits per heavy atom. The van der Waals surface area contributed by atoms with Crippen molar-refractivity contribution in [2.75, 3.05) is 12.3 Å². The lowest BCUT2D eigenvalue weighted by Gasteiger charge is -2.05. The zero-order valence-electron chi connectivity index (χ0n) is 10.4. The third kappa shape index (κ3) is 4.36. The highest BCUT2D eigenvalue weighted by atomic mass is 32.2. The van der Waals surface area contributed by atoms with E-state index in [0.717, 1.165) is 6.07 Å². The summed E-state index contributed by atoms with van der Waals surface area (Å²) in [7, 11) is -3.65. The number of hydrogen-bond donors (Lipinski definition) is 2. The van der Waals surface area contributed by atoms with Crippen LogP contribution in [0.25, 0.3) is 0 Å². The Hall–Kier alpha value is -1.89. The summed E-state index contributed by atoms with van der Waals surface area (Å²) < 4.78 is 23.9. The van der Waals surface area contributed by atoms with Crippen LogP contribution < -0.4 is 5.32 Å². The van der Waals surface area contributed by atoms with Gasteiger partial charge in [-0.3, -0.25) is 4.79 Å². The van der Waals surface area contributed by atoms with Gasteiger partial charge in [-0.15, -0.1) is 0 Å². The molecule has 0 saturated heterocycles. The van der Waals surface area contributed by atoms with Gasteiger partial charge < -0.3 is 10.4 Å². The molecule has 0 bridgehead atoms. The second-order valence-corrected chi connectivity index (χ2v) is 5.96. The number of carboxylic acids is 1. The second-order valence-electron chi connectivity index (χ2n) is 3.86. The summed E-state index contributed by atoms with van der Waals surface area (Å²) in [6.07, 6.45) is -0.145. The van der Waals surface area contributed by atoms with Crippen molar-refractivity contribution in [2.24, 2.45) is 0 Å². The molecule has 0 unspecified atom stereocenters. The summed E-state index contributed by atoms with van der Waals surface area (Å²) in [4.78, 5) is 21.9. The van der Waals surface area contributed by atoms with Gasteiger partial charge in [-0.25, -0.2) is 13.2 Å². The largest absolute Gasteiger partial charge is 0.478 e. The summed E-state index contributed by atoms with van der Waals surface area (Å²) in [6.45, 7) is 2.18. The molecule has 7 heteroatoms. The smallest absolute Gasteiger partial charge is 0.335 e. The van der Waals surface area contributed by atoms with Gasteiger partial charge in [-0.05, 0) is 25.1 Å². The van der Waals surface area contributed by atoms with Crippen LogP contribution in [0.2, 0.25) is 0 Å². The van der Waals surface area contributed by atoms with Gasteiger partial charge in [0, 0.05) is 13.0 Å². The summed E-state index contributed by atoms with van der Waals surface area (Å²) in [5, 5.41) is 11.3. The number of hydrogen-bond acceptors (Lipinski definition) is 4. The first-order chi connectivity index (χ1) is 8.86. The summed E-state index contributed by atoms with van der Waals surface area (Å²) in [5.74, 6) is -1.89. The zero-order chi connectivity index (χ0) is 14.5. The molecule has 1 aromatic rings. The quantitative estimate of drug-likeness (QED) is 0.800. The zero-order valence-corrected chi connectivity index (χ0v) is 11.2. The molecule has 0 atom stereocenters. The van der Waals surface area contributed by atoms with E-state index in [-0.39, 0.29) is 28.5 Å². The van der Waals surface area contributed by atoms with Crippen molar-refractivity contribution >= 4 is 21.7 Å². The van der Waals surface area contributed by atoms with E-state index in [1.807, 2.05) is 0 Å². The van der Waals surface area contributed by atoms with Crippen molar-refractivity contribution in [1.82, 2.24) is 5.32 Å². The molecule has 1 aromatic carbocycles. The van der Waals surface area contributed by atoms with Gasteiger partial charge in [-0.2, -0.15) is 0 Å². The fourth-order valence-corrected chi connectivity index (χ4v) is 2.74. The molecule has 0 saturated carbocycles. The molecule has 6 nitrogen and oxygen atoms in total. The first kappa shape index (κ1) is 15.2. The molecule has 0 aliphatic rings. The highest BCUT2D eigenvalue weighted by molar-refractivity contribution is 7.91. The van der Waals surface area contributed by atoms with Crippen LogP contribution in [-0.4, -0.2) is 37.7 Å². The number of sulfone groups is 1. The molecule has 0 heterocycles. The van der Waals surface area contributed by atoms with Crippen molar-refractivity contribution in [3.63, 3.8) is 0 Å². The number of carboxylic acid groups (broad SMARTS) is 1. The summed E-state index contributed by atoms with van der Waals surface area (Å²) in [5.41, 5.74) is -0.0981. The fraction of sp³-hybridized carbons (Fsp3) is 0.333. The van der Waals surface area contributed by atoms with Gasteiger partial charge in [0.15, 0.2) is 9.84 Å². The van der Waals surface area contributed by atoms with Gasteiger partial charge in [-0.1, -0.05) is 6.07 Å². The Kier molecular flexibility index (Phi) is 5.05. The van der Waals surface area contributed by atoms with Crippen molar-refractivity contribution in [2.45, 2.75) is 18.2 Å². The number of carbonyl (C=O) groups is 2. The SMILES string of the molecule is CCNC(=O)CCS(=O)(=O)c1cccc(C(=O)O)c1. The molecule has 0 spiro atoms. The van der Waals surface area contributed by atoms with Crippen LogP contribution in [0.3, 0.4) is 0 Å². The van der Waals surface area contributed by atoms with Crippen LogP contribution in [-0.2, 0) is 14.6 Å². The minimum atomic E-state index is -3.65. The Morgan fingerprint density at radius 1 is 1.32 bits per heavy atom. The van der Waals surface area contributed by atoms with E-state index in [4.69, 9.17) is 5.11 Å². The molecule has 0 aliphatic carbocycles. The third-order valence-corrected chi connectivity index (χ3v) is 4.13. The molecular weight excluding hydrogens is 270 g/mol. The molecule has 0 radical (unpaired) electrons. The average Bonchev–Trinajstić information content (AvgIpc) is 2.37. The lowest BCUT2D eigenvalue weighted by atomic mass is 10.2. The highest BCUT2D eigenvalue weighted by Crippen LogP contribution is 2.14. The minimum absolute atomic E-state index is 0.0864. The Labute approximate surface area is 111 Å². The van der Waals surface area contributed by atoms with E-state index < -0.39 is 15.8 Å². The molecule has 0 aliphatic heterocycles. The van der Waals surface area contributed by atoms with Crippen LogP contribution in [0.4, 0.5) is 0 Å². The molecule has 2 N–H and O–H groups in total. The van der Waals surface area contributed by atoms with Crippen LogP contribution in [0.15, 0.2) is 29.2 Å². The number of amides is 1.